The first kappa shape index (κ1) is 8.91. The van der Waals surface area contributed by atoms with Crippen LogP contribution < -0.4 is 0 Å². The standard InChI is InChI=1S/C10H11FO/c1-8(12)6-9-4-2-3-5-10(9)7-11/h2-5H,6-7H2,1H3. The first-order valence-electron chi connectivity index (χ1n) is 3.86. The highest BCUT2D eigenvalue weighted by Crippen LogP contribution is 2.10. The largest absolute Gasteiger partial charge is 0.300 e. The number of Topliss-reactive ketones (excluding diaryl/α,β-unsaturated/α-hetero) is 1. The van der Waals surface area contributed by atoms with Crippen LogP contribution in [0, 0.1) is 0 Å². The predicted octanol–water partition coefficient (Wildman–Crippen LogP) is 2.29. The lowest BCUT2D eigenvalue weighted by molar-refractivity contribution is -0.116. The van der Waals surface area contributed by atoms with Crippen LogP contribution in [0.25, 0.3) is 0 Å². The maximum Gasteiger partial charge on any atom is 0.134 e. The number of hydrogen-bond donors (Lipinski definition) is 0. The van der Waals surface area contributed by atoms with Crippen molar-refractivity contribution < 1.29 is 9.18 Å². The zero-order chi connectivity index (χ0) is 8.97. The van der Waals surface area contributed by atoms with Gasteiger partial charge in [-0.15, -0.1) is 0 Å². The zero-order valence-electron chi connectivity index (χ0n) is 7.01. The highest BCUT2D eigenvalue weighted by Gasteiger charge is 2.02. The Hall–Kier alpha value is -1.18. The van der Waals surface area contributed by atoms with E-state index < -0.39 is 6.67 Å². The van der Waals surface area contributed by atoms with E-state index in [9.17, 15) is 9.18 Å². The molecule has 64 valence electrons. The van der Waals surface area contributed by atoms with Gasteiger partial charge in [0, 0.05) is 6.42 Å². The minimum atomic E-state index is -0.497. The third kappa shape index (κ3) is 2.16. The van der Waals surface area contributed by atoms with Gasteiger partial charge in [-0.25, -0.2) is 4.39 Å². The Bertz CT molecular complexity index is 281. The van der Waals surface area contributed by atoms with Gasteiger partial charge in [-0.05, 0) is 18.1 Å². The summed E-state index contributed by atoms with van der Waals surface area (Å²) >= 11 is 0. The van der Waals surface area contributed by atoms with Crippen molar-refractivity contribution in [2.75, 3.05) is 0 Å². The maximum atomic E-state index is 12.3. The Morgan fingerprint density at radius 1 is 1.33 bits per heavy atom. The summed E-state index contributed by atoms with van der Waals surface area (Å²) in [4.78, 5) is 10.8. The molecule has 0 aliphatic carbocycles. The molecule has 1 aromatic rings. The molecule has 0 heterocycles. The van der Waals surface area contributed by atoms with Gasteiger partial charge >= 0.3 is 0 Å². The SMILES string of the molecule is CC(=O)Cc1ccccc1CF. The van der Waals surface area contributed by atoms with Crippen LogP contribution in [-0.2, 0) is 17.9 Å². The molecule has 0 fully saturated rings. The molecular formula is C10H11FO. The van der Waals surface area contributed by atoms with Crippen molar-refractivity contribution in [3.05, 3.63) is 35.4 Å². The van der Waals surface area contributed by atoms with Gasteiger partial charge in [-0.1, -0.05) is 24.3 Å². The summed E-state index contributed by atoms with van der Waals surface area (Å²) in [5, 5.41) is 0. The van der Waals surface area contributed by atoms with Crippen LogP contribution in [0.5, 0.6) is 0 Å². The molecule has 0 aromatic heterocycles. The van der Waals surface area contributed by atoms with E-state index >= 15 is 0 Å². The summed E-state index contributed by atoms with van der Waals surface area (Å²) in [6.07, 6.45) is 0.333. The molecule has 1 rings (SSSR count). The molecule has 0 bridgehead atoms. The zero-order valence-corrected chi connectivity index (χ0v) is 7.01. The van der Waals surface area contributed by atoms with Gasteiger partial charge < -0.3 is 0 Å². The minimum Gasteiger partial charge on any atom is -0.300 e. The van der Waals surface area contributed by atoms with Gasteiger partial charge in [0.15, 0.2) is 0 Å². The van der Waals surface area contributed by atoms with E-state index in [0.717, 1.165) is 5.56 Å². The van der Waals surface area contributed by atoms with Gasteiger partial charge in [-0.3, -0.25) is 4.79 Å². The van der Waals surface area contributed by atoms with Gasteiger partial charge in [-0.2, -0.15) is 0 Å². The quantitative estimate of drug-likeness (QED) is 0.673. The Balaban J connectivity index is 2.89. The van der Waals surface area contributed by atoms with Crippen LogP contribution in [0.15, 0.2) is 24.3 Å². The molecule has 1 aromatic carbocycles. The lowest BCUT2D eigenvalue weighted by Crippen LogP contribution is -1.99. The van der Waals surface area contributed by atoms with Crippen molar-refractivity contribution in [2.45, 2.75) is 20.0 Å². The van der Waals surface area contributed by atoms with Gasteiger partial charge in [0.05, 0.1) is 0 Å². The van der Waals surface area contributed by atoms with Crippen LogP contribution in [-0.4, -0.2) is 5.78 Å². The average Bonchev–Trinajstić information content (AvgIpc) is 2.04. The molecule has 0 aliphatic rings. The second-order valence-corrected chi connectivity index (χ2v) is 2.78. The van der Waals surface area contributed by atoms with Gasteiger partial charge in [0.2, 0.25) is 0 Å². The van der Waals surface area contributed by atoms with Crippen molar-refractivity contribution in [1.29, 1.82) is 0 Å². The molecule has 2 heteroatoms. The molecule has 0 unspecified atom stereocenters. The first-order chi connectivity index (χ1) is 5.74. The van der Waals surface area contributed by atoms with E-state index in [1.807, 2.05) is 6.07 Å². The highest BCUT2D eigenvalue weighted by molar-refractivity contribution is 5.78. The smallest absolute Gasteiger partial charge is 0.134 e. The number of carbonyl (C=O) groups excluding carboxylic acids is 1. The van der Waals surface area contributed by atoms with Crippen molar-refractivity contribution >= 4 is 5.78 Å². The Labute approximate surface area is 71.2 Å². The van der Waals surface area contributed by atoms with Crippen molar-refractivity contribution in [1.82, 2.24) is 0 Å². The molecule has 0 spiro atoms. The van der Waals surface area contributed by atoms with Crippen LogP contribution >= 0.6 is 0 Å². The monoisotopic (exact) mass is 166 g/mol. The average molecular weight is 166 g/mol. The molecule has 0 saturated heterocycles. The minimum absolute atomic E-state index is 0.0656. The summed E-state index contributed by atoms with van der Waals surface area (Å²) < 4.78 is 12.3. The van der Waals surface area contributed by atoms with Crippen molar-refractivity contribution in [3.63, 3.8) is 0 Å². The number of ketones is 1. The fourth-order valence-corrected chi connectivity index (χ4v) is 1.13. The predicted molar refractivity (Wildman–Crippen MR) is 45.6 cm³/mol. The molecule has 0 saturated carbocycles. The number of benzene rings is 1. The molecule has 0 radical (unpaired) electrons. The summed E-state index contributed by atoms with van der Waals surface area (Å²) in [7, 11) is 0. The molecule has 0 atom stereocenters. The van der Waals surface area contributed by atoms with E-state index in [2.05, 4.69) is 0 Å². The summed E-state index contributed by atoms with van der Waals surface area (Å²) in [5.74, 6) is 0.0656. The highest BCUT2D eigenvalue weighted by atomic mass is 19.1. The maximum absolute atomic E-state index is 12.3. The normalized spacial score (nSPS) is 9.83. The number of hydrogen-bond acceptors (Lipinski definition) is 1. The number of rotatable bonds is 3. The number of halogens is 1. The van der Waals surface area contributed by atoms with Crippen molar-refractivity contribution in [2.24, 2.45) is 0 Å². The lowest BCUT2D eigenvalue weighted by atomic mass is 10.0. The van der Waals surface area contributed by atoms with Crippen LogP contribution in [0.4, 0.5) is 4.39 Å². The Morgan fingerprint density at radius 3 is 2.42 bits per heavy atom. The summed E-state index contributed by atoms with van der Waals surface area (Å²) in [5.41, 5.74) is 1.42. The third-order valence-electron chi connectivity index (χ3n) is 1.70. The Morgan fingerprint density at radius 2 is 1.92 bits per heavy atom. The number of carbonyl (C=O) groups is 1. The fraction of sp³-hybridized carbons (Fsp3) is 0.300. The van der Waals surface area contributed by atoms with Crippen LogP contribution in [0.1, 0.15) is 18.1 Å². The van der Waals surface area contributed by atoms with Gasteiger partial charge in [0.25, 0.3) is 0 Å². The third-order valence-corrected chi connectivity index (χ3v) is 1.70. The van der Waals surface area contributed by atoms with E-state index in [1.54, 1.807) is 18.2 Å². The lowest BCUT2D eigenvalue weighted by Gasteiger charge is -2.02. The van der Waals surface area contributed by atoms with Crippen LogP contribution in [0.3, 0.4) is 0 Å². The molecular weight excluding hydrogens is 155 g/mol. The topological polar surface area (TPSA) is 17.1 Å². The van der Waals surface area contributed by atoms with E-state index in [-0.39, 0.29) is 5.78 Å². The fourth-order valence-electron chi connectivity index (χ4n) is 1.13. The van der Waals surface area contributed by atoms with E-state index in [4.69, 9.17) is 0 Å². The molecule has 0 aliphatic heterocycles. The molecule has 1 nitrogen and oxygen atoms in total. The van der Waals surface area contributed by atoms with E-state index in [0.29, 0.717) is 12.0 Å². The van der Waals surface area contributed by atoms with E-state index in [1.165, 1.54) is 6.92 Å². The molecule has 0 N–H and O–H groups in total. The summed E-state index contributed by atoms with van der Waals surface area (Å²) in [6, 6.07) is 7.09. The van der Waals surface area contributed by atoms with Crippen molar-refractivity contribution in [3.8, 4) is 0 Å². The second-order valence-electron chi connectivity index (χ2n) is 2.78. The first-order valence-corrected chi connectivity index (χ1v) is 3.86. The molecule has 12 heavy (non-hydrogen) atoms. The Kier molecular flexibility index (Phi) is 2.97. The molecule has 0 amide bonds. The van der Waals surface area contributed by atoms with Crippen LogP contribution in [0.2, 0.25) is 0 Å². The second kappa shape index (κ2) is 4.00. The summed E-state index contributed by atoms with van der Waals surface area (Å²) in [6.45, 7) is 1.01. The van der Waals surface area contributed by atoms with Gasteiger partial charge in [0.1, 0.15) is 12.5 Å². The number of alkyl halides is 1.